The minimum atomic E-state index is -0.399. The van der Waals surface area contributed by atoms with Crippen LogP contribution >= 0.6 is 0 Å². The molecule has 0 aliphatic carbocycles. The zero-order chi connectivity index (χ0) is 20.9. The fourth-order valence-electron chi connectivity index (χ4n) is 3.42. The molecular formula is C23H37N3O2. The molecule has 156 valence electrons. The van der Waals surface area contributed by atoms with Crippen molar-refractivity contribution in [2.75, 3.05) is 20.1 Å². The molecule has 1 aromatic carbocycles. The second-order valence-electron chi connectivity index (χ2n) is 9.38. The van der Waals surface area contributed by atoms with Crippen molar-refractivity contribution in [3.05, 3.63) is 35.4 Å². The molecule has 0 aromatic heterocycles. The van der Waals surface area contributed by atoms with Crippen molar-refractivity contribution >= 4 is 11.8 Å². The Balaban J connectivity index is 1.85. The zero-order valence-corrected chi connectivity index (χ0v) is 18.4. The Hall–Kier alpha value is -1.88. The number of carbonyl (C=O) groups is 2. The predicted molar refractivity (Wildman–Crippen MR) is 114 cm³/mol. The van der Waals surface area contributed by atoms with Crippen LogP contribution in [-0.2, 0) is 22.7 Å². The van der Waals surface area contributed by atoms with E-state index >= 15 is 0 Å². The highest BCUT2D eigenvalue weighted by Gasteiger charge is 2.33. The van der Waals surface area contributed by atoms with E-state index < -0.39 is 5.41 Å². The van der Waals surface area contributed by atoms with E-state index in [1.54, 1.807) is 0 Å². The van der Waals surface area contributed by atoms with Crippen molar-refractivity contribution in [2.45, 2.75) is 66.6 Å². The first-order chi connectivity index (χ1) is 13.1. The molecule has 5 heteroatoms. The van der Waals surface area contributed by atoms with Gasteiger partial charge in [-0.2, -0.15) is 0 Å². The maximum Gasteiger partial charge on any atom is 0.227 e. The molecular weight excluding hydrogens is 350 g/mol. The predicted octanol–water partition coefficient (Wildman–Crippen LogP) is 3.43. The average Bonchev–Trinajstić information content (AvgIpc) is 2.65. The number of hydrogen-bond donors (Lipinski definition) is 1. The monoisotopic (exact) mass is 387 g/mol. The fraction of sp³-hybridized carbons (Fsp3) is 0.652. The summed E-state index contributed by atoms with van der Waals surface area (Å²) in [5, 5.41) is 3.06. The van der Waals surface area contributed by atoms with E-state index in [1.165, 1.54) is 5.56 Å². The van der Waals surface area contributed by atoms with Crippen LogP contribution in [-0.4, -0.2) is 47.8 Å². The van der Waals surface area contributed by atoms with Gasteiger partial charge in [-0.25, -0.2) is 0 Å². The fourth-order valence-corrected chi connectivity index (χ4v) is 3.42. The summed E-state index contributed by atoms with van der Waals surface area (Å²) in [6.45, 7) is 12.9. The first-order valence-electron chi connectivity index (χ1n) is 10.4. The van der Waals surface area contributed by atoms with Crippen LogP contribution in [0.4, 0.5) is 0 Å². The Kier molecular flexibility index (Phi) is 7.64. The van der Waals surface area contributed by atoms with Gasteiger partial charge in [0.15, 0.2) is 0 Å². The van der Waals surface area contributed by atoms with E-state index in [4.69, 9.17) is 0 Å². The third-order valence-corrected chi connectivity index (χ3v) is 5.52. The van der Waals surface area contributed by atoms with Gasteiger partial charge in [0.05, 0.1) is 5.92 Å². The molecule has 2 rings (SSSR count). The highest BCUT2D eigenvalue weighted by Crippen LogP contribution is 2.23. The number of nitrogens with one attached hydrogen (secondary N) is 1. The highest BCUT2D eigenvalue weighted by atomic mass is 16.2. The van der Waals surface area contributed by atoms with Crippen LogP contribution in [0.3, 0.4) is 0 Å². The zero-order valence-electron chi connectivity index (χ0n) is 18.4. The van der Waals surface area contributed by atoms with Crippen LogP contribution in [0.25, 0.3) is 0 Å². The first kappa shape index (κ1) is 22.4. The lowest BCUT2D eigenvalue weighted by Crippen LogP contribution is -2.48. The maximum atomic E-state index is 12.6. The third-order valence-electron chi connectivity index (χ3n) is 5.52. The molecule has 1 aliphatic heterocycles. The van der Waals surface area contributed by atoms with E-state index in [9.17, 15) is 9.59 Å². The number of rotatable bonds is 6. The van der Waals surface area contributed by atoms with Gasteiger partial charge in [-0.05, 0) is 44.9 Å². The maximum absolute atomic E-state index is 12.6. The van der Waals surface area contributed by atoms with Crippen molar-refractivity contribution in [3.8, 4) is 0 Å². The molecule has 2 amide bonds. The largest absolute Gasteiger partial charge is 0.352 e. The van der Waals surface area contributed by atoms with Crippen LogP contribution in [0.5, 0.6) is 0 Å². The van der Waals surface area contributed by atoms with Gasteiger partial charge in [0, 0.05) is 37.6 Å². The number of amides is 2. The Morgan fingerprint density at radius 2 is 1.79 bits per heavy atom. The van der Waals surface area contributed by atoms with Crippen molar-refractivity contribution in [2.24, 2.45) is 11.3 Å². The Morgan fingerprint density at radius 1 is 1.18 bits per heavy atom. The molecule has 1 aliphatic rings. The molecule has 1 heterocycles. The van der Waals surface area contributed by atoms with Gasteiger partial charge in [0.25, 0.3) is 0 Å². The van der Waals surface area contributed by atoms with Crippen LogP contribution in [0.2, 0.25) is 0 Å². The van der Waals surface area contributed by atoms with Gasteiger partial charge in [-0.1, -0.05) is 45.0 Å². The number of piperidine rings is 1. The molecule has 1 saturated heterocycles. The van der Waals surface area contributed by atoms with E-state index in [-0.39, 0.29) is 17.7 Å². The molecule has 0 radical (unpaired) electrons. The van der Waals surface area contributed by atoms with E-state index in [0.717, 1.165) is 31.5 Å². The number of likely N-dealkylation sites (tertiary alicyclic amines) is 1. The number of benzene rings is 1. The molecule has 0 spiro atoms. The van der Waals surface area contributed by atoms with Crippen LogP contribution in [0, 0.1) is 11.3 Å². The van der Waals surface area contributed by atoms with Gasteiger partial charge in [-0.15, -0.1) is 0 Å². The summed E-state index contributed by atoms with van der Waals surface area (Å²) in [5.74, 6) is 0.0704. The summed E-state index contributed by atoms with van der Waals surface area (Å²) in [5.41, 5.74) is 1.97. The van der Waals surface area contributed by atoms with Gasteiger partial charge in [0.2, 0.25) is 11.8 Å². The standard InChI is InChI=1S/C23H37N3O2/c1-17(2)25(6)15-19-11-9-18(10-12-19)14-24-21(27)20-8-7-13-26(16-20)22(28)23(3,4)5/h9-12,17,20H,7-8,13-16H2,1-6H3,(H,24,27)/t20-/m0/s1. The molecule has 1 atom stereocenters. The number of hydrogen-bond acceptors (Lipinski definition) is 3. The molecule has 28 heavy (non-hydrogen) atoms. The van der Waals surface area contributed by atoms with E-state index in [2.05, 4.69) is 55.4 Å². The first-order valence-corrected chi connectivity index (χ1v) is 10.4. The summed E-state index contributed by atoms with van der Waals surface area (Å²) in [4.78, 5) is 29.3. The lowest BCUT2D eigenvalue weighted by Gasteiger charge is -2.35. The lowest BCUT2D eigenvalue weighted by molar-refractivity contribution is -0.142. The lowest BCUT2D eigenvalue weighted by atomic mass is 9.91. The minimum absolute atomic E-state index is 0.0510. The van der Waals surface area contributed by atoms with E-state index in [1.807, 2.05) is 25.7 Å². The molecule has 0 bridgehead atoms. The van der Waals surface area contributed by atoms with Crippen molar-refractivity contribution in [3.63, 3.8) is 0 Å². The second kappa shape index (κ2) is 9.55. The van der Waals surface area contributed by atoms with Crippen molar-refractivity contribution in [1.29, 1.82) is 0 Å². The highest BCUT2D eigenvalue weighted by molar-refractivity contribution is 5.83. The van der Waals surface area contributed by atoms with Gasteiger partial charge < -0.3 is 10.2 Å². The van der Waals surface area contributed by atoms with Gasteiger partial charge in [0.1, 0.15) is 0 Å². The smallest absolute Gasteiger partial charge is 0.227 e. The molecule has 1 aromatic rings. The Labute approximate surface area is 170 Å². The van der Waals surface area contributed by atoms with Crippen molar-refractivity contribution < 1.29 is 9.59 Å². The minimum Gasteiger partial charge on any atom is -0.352 e. The SMILES string of the molecule is CC(C)N(C)Cc1ccc(CNC(=O)[C@H]2CCCN(C(=O)C(C)(C)C)C2)cc1. The van der Waals surface area contributed by atoms with Crippen LogP contribution in [0.1, 0.15) is 58.6 Å². The topological polar surface area (TPSA) is 52.7 Å². The van der Waals surface area contributed by atoms with Gasteiger partial charge in [-0.3, -0.25) is 14.5 Å². The van der Waals surface area contributed by atoms with Crippen LogP contribution in [0.15, 0.2) is 24.3 Å². The van der Waals surface area contributed by atoms with Gasteiger partial charge >= 0.3 is 0 Å². The summed E-state index contributed by atoms with van der Waals surface area (Å²) < 4.78 is 0. The number of nitrogens with zero attached hydrogens (tertiary/aromatic N) is 2. The Bertz CT molecular complexity index is 661. The molecule has 0 unspecified atom stereocenters. The third kappa shape index (κ3) is 6.33. The van der Waals surface area contributed by atoms with Crippen molar-refractivity contribution in [1.82, 2.24) is 15.1 Å². The molecule has 5 nitrogen and oxygen atoms in total. The van der Waals surface area contributed by atoms with E-state index in [0.29, 0.717) is 19.1 Å². The molecule has 1 fully saturated rings. The van der Waals surface area contributed by atoms with Crippen LogP contribution < -0.4 is 5.32 Å². The number of carbonyl (C=O) groups excluding carboxylic acids is 2. The average molecular weight is 388 g/mol. The normalized spacial score (nSPS) is 17.9. The summed E-state index contributed by atoms with van der Waals surface area (Å²) >= 11 is 0. The Morgan fingerprint density at radius 3 is 2.36 bits per heavy atom. The quantitative estimate of drug-likeness (QED) is 0.814. The second-order valence-corrected chi connectivity index (χ2v) is 9.38. The summed E-state index contributed by atoms with van der Waals surface area (Å²) in [6.07, 6.45) is 1.73. The molecule has 0 saturated carbocycles. The summed E-state index contributed by atoms with van der Waals surface area (Å²) in [7, 11) is 2.12. The molecule has 1 N–H and O–H groups in total. The summed E-state index contributed by atoms with van der Waals surface area (Å²) in [6, 6.07) is 8.94.